The van der Waals surface area contributed by atoms with Gasteiger partial charge < -0.3 is 16.4 Å². The second-order valence-electron chi connectivity index (χ2n) is 7.85. The first-order valence-corrected chi connectivity index (χ1v) is 10.4. The van der Waals surface area contributed by atoms with Gasteiger partial charge in [0.1, 0.15) is 17.8 Å². The van der Waals surface area contributed by atoms with Gasteiger partial charge >= 0.3 is 0 Å². The SMILES string of the molecule is NC(=O)C1CC(C(=O)NC(Cc2ccccc2)C(=O)NC2CC2)=NN1c1ccccc1. The summed E-state index contributed by atoms with van der Waals surface area (Å²) < 4.78 is 0. The molecule has 0 bridgehead atoms. The van der Waals surface area contributed by atoms with Crippen LogP contribution in [-0.2, 0) is 20.8 Å². The van der Waals surface area contributed by atoms with E-state index in [1.165, 1.54) is 5.01 Å². The maximum atomic E-state index is 13.0. The van der Waals surface area contributed by atoms with Crippen molar-refractivity contribution in [3.8, 4) is 0 Å². The van der Waals surface area contributed by atoms with E-state index in [0.29, 0.717) is 12.1 Å². The molecule has 1 aliphatic carbocycles. The van der Waals surface area contributed by atoms with Gasteiger partial charge in [-0.3, -0.25) is 19.4 Å². The van der Waals surface area contributed by atoms with Gasteiger partial charge in [0.15, 0.2) is 0 Å². The van der Waals surface area contributed by atoms with Crippen LogP contribution in [0.2, 0.25) is 0 Å². The van der Waals surface area contributed by atoms with E-state index in [4.69, 9.17) is 5.73 Å². The highest BCUT2D eigenvalue weighted by Crippen LogP contribution is 2.24. The molecule has 8 heteroatoms. The van der Waals surface area contributed by atoms with Crippen molar-refractivity contribution < 1.29 is 14.4 Å². The first-order chi connectivity index (χ1) is 15.0. The molecule has 0 radical (unpaired) electrons. The van der Waals surface area contributed by atoms with Gasteiger partial charge in [-0.2, -0.15) is 5.10 Å². The van der Waals surface area contributed by atoms with Gasteiger partial charge in [0.25, 0.3) is 5.91 Å². The molecule has 1 heterocycles. The summed E-state index contributed by atoms with van der Waals surface area (Å²) in [5.41, 5.74) is 7.33. The van der Waals surface area contributed by atoms with Crippen molar-refractivity contribution in [3.63, 3.8) is 0 Å². The summed E-state index contributed by atoms with van der Waals surface area (Å²) in [7, 11) is 0. The molecule has 160 valence electrons. The fourth-order valence-electron chi connectivity index (χ4n) is 3.52. The number of carbonyl (C=O) groups excluding carboxylic acids is 3. The Morgan fingerprint density at radius 3 is 2.29 bits per heavy atom. The van der Waals surface area contributed by atoms with Crippen LogP contribution in [0.4, 0.5) is 5.69 Å². The average Bonchev–Trinajstić information content (AvgIpc) is 3.47. The lowest BCUT2D eigenvalue weighted by atomic mass is 10.0. The molecule has 1 aliphatic heterocycles. The zero-order valence-corrected chi connectivity index (χ0v) is 17.0. The number of carbonyl (C=O) groups is 3. The number of nitrogens with one attached hydrogen (secondary N) is 2. The Bertz CT molecular complexity index is 989. The topological polar surface area (TPSA) is 117 Å². The van der Waals surface area contributed by atoms with Gasteiger partial charge in [0, 0.05) is 18.9 Å². The smallest absolute Gasteiger partial charge is 0.268 e. The van der Waals surface area contributed by atoms with Crippen molar-refractivity contribution in [2.24, 2.45) is 10.8 Å². The highest BCUT2D eigenvalue weighted by atomic mass is 16.2. The lowest BCUT2D eigenvalue weighted by molar-refractivity contribution is -0.126. The second-order valence-corrected chi connectivity index (χ2v) is 7.85. The van der Waals surface area contributed by atoms with Crippen molar-refractivity contribution in [1.82, 2.24) is 10.6 Å². The van der Waals surface area contributed by atoms with E-state index in [2.05, 4.69) is 15.7 Å². The number of nitrogens with zero attached hydrogens (tertiary/aromatic N) is 2. The van der Waals surface area contributed by atoms with Gasteiger partial charge in [-0.05, 0) is 30.5 Å². The van der Waals surface area contributed by atoms with Crippen molar-refractivity contribution in [2.75, 3.05) is 5.01 Å². The Hall–Kier alpha value is -3.68. The molecule has 1 saturated carbocycles. The van der Waals surface area contributed by atoms with Crippen LogP contribution in [0, 0.1) is 0 Å². The summed E-state index contributed by atoms with van der Waals surface area (Å²) in [6.45, 7) is 0. The number of hydrogen-bond donors (Lipinski definition) is 3. The largest absolute Gasteiger partial charge is 0.368 e. The Kier molecular flexibility index (Phi) is 5.97. The van der Waals surface area contributed by atoms with E-state index in [1.54, 1.807) is 12.1 Å². The maximum absolute atomic E-state index is 13.0. The van der Waals surface area contributed by atoms with E-state index in [0.717, 1.165) is 18.4 Å². The number of hydrogen-bond acceptors (Lipinski definition) is 5. The molecule has 0 aromatic heterocycles. The number of hydrazone groups is 1. The Labute approximate surface area is 180 Å². The first-order valence-electron chi connectivity index (χ1n) is 10.4. The Morgan fingerprint density at radius 2 is 1.68 bits per heavy atom. The van der Waals surface area contributed by atoms with Gasteiger partial charge in [0.05, 0.1) is 5.69 Å². The van der Waals surface area contributed by atoms with Crippen molar-refractivity contribution in [2.45, 2.75) is 43.8 Å². The first kappa shape index (κ1) is 20.6. The zero-order chi connectivity index (χ0) is 21.8. The minimum absolute atomic E-state index is 0.0817. The third-order valence-electron chi connectivity index (χ3n) is 5.35. The summed E-state index contributed by atoms with van der Waals surface area (Å²) in [6.07, 6.45) is 2.35. The predicted molar refractivity (Wildman–Crippen MR) is 117 cm³/mol. The molecule has 2 aromatic rings. The van der Waals surface area contributed by atoms with E-state index < -0.39 is 23.9 Å². The van der Waals surface area contributed by atoms with Crippen LogP contribution < -0.4 is 21.4 Å². The molecule has 2 aliphatic rings. The van der Waals surface area contributed by atoms with E-state index in [-0.39, 0.29) is 24.1 Å². The van der Waals surface area contributed by atoms with Gasteiger partial charge in [-0.15, -0.1) is 0 Å². The number of para-hydroxylation sites is 1. The number of rotatable bonds is 8. The summed E-state index contributed by atoms with van der Waals surface area (Å²) in [4.78, 5) is 37.7. The van der Waals surface area contributed by atoms with E-state index in [1.807, 2.05) is 48.5 Å². The summed E-state index contributed by atoms with van der Waals surface area (Å²) in [6, 6.07) is 17.3. The number of benzene rings is 2. The minimum atomic E-state index is -0.754. The molecule has 8 nitrogen and oxygen atoms in total. The molecular weight excluding hydrogens is 394 g/mol. The number of anilines is 1. The molecule has 1 fully saturated rings. The molecule has 2 unspecified atom stereocenters. The average molecular weight is 419 g/mol. The molecular formula is C23H25N5O3. The number of nitrogens with two attached hydrogens (primary N) is 1. The maximum Gasteiger partial charge on any atom is 0.268 e. The van der Waals surface area contributed by atoms with E-state index in [9.17, 15) is 14.4 Å². The Morgan fingerprint density at radius 1 is 1.03 bits per heavy atom. The van der Waals surface area contributed by atoms with Gasteiger partial charge in [0.2, 0.25) is 11.8 Å². The van der Waals surface area contributed by atoms with Crippen LogP contribution >= 0.6 is 0 Å². The highest BCUT2D eigenvalue weighted by molar-refractivity contribution is 6.40. The van der Waals surface area contributed by atoms with E-state index >= 15 is 0 Å². The molecule has 0 spiro atoms. The monoisotopic (exact) mass is 419 g/mol. The molecule has 31 heavy (non-hydrogen) atoms. The van der Waals surface area contributed by atoms with Crippen molar-refractivity contribution in [3.05, 3.63) is 66.2 Å². The molecule has 2 aromatic carbocycles. The van der Waals surface area contributed by atoms with Crippen LogP contribution in [0.25, 0.3) is 0 Å². The predicted octanol–water partition coefficient (Wildman–Crippen LogP) is 1.11. The lowest BCUT2D eigenvalue weighted by Crippen LogP contribution is -2.50. The van der Waals surface area contributed by atoms with Crippen LogP contribution in [0.5, 0.6) is 0 Å². The van der Waals surface area contributed by atoms with Crippen molar-refractivity contribution >= 4 is 29.1 Å². The van der Waals surface area contributed by atoms with Crippen LogP contribution in [0.15, 0.2) is 65.8 Å². The van der Waals surface area contributed by atoms with Crippen LogP contribution in [0.1, 0.15) is 24.8 Å². The molecule has 3 amide bonds. The second kappa shape index (κ2) is 8.99. The van der Waals surface area contributed by atoms with Gasteiger partial charge in [-0.1, -0.05) is 48.5 Å². The molecule has 0 saturated heterocycles. The van der Waals surface area contributed by atoms with Crippen molar-refractivity contribution in [1.29, 1.82) is 0 Å². The summed E-state index contributed by atoms with van der Waals surface area (Å²) in [5.74, 6) is -1.26. The third-order valence-corrected chi connectivity index (χ3v) is 5.35. The summed E-state index contributed by atoms with van der Waals surface area (Å²) in [5, 5.41) is 11.6. The molecule has 4 N–H and O–H groups in total. The normalized spacial score (nSPS) is 18.8. The summed E-state index contributed by atoms with van der Waals surface area (Å²) >= 11 is 0. The van der Waals surface area contributed by atoms with Gasteiger partial charge in [-0.25, -0.2) is 0 Å². The standard InChI is InChI=1S/C23H25N5O3/c24-21(29)20-14-19(27-28(20)17-9-5-2-6-10-17)23(31)26-18(22(30)25-16-11-12-16)13-15-7-3-1-4-8-15/h1-10,16,18,20H,11-14H2,(H2,24,29)(H,25,30)(H,26,31). The lowest BCUT2D eigenvalue weighted by Gasteiger charge is -2.20. The fourth-order valence-corrected chi connectivity index (χ4v) is 3.52. The Balaban J connectivity index is 1.51. The minimum Gasteiger partial charge on any atom is -0.368 e. The number of primary amides is 1. The third kappa shape index (κ3) is 5.09. The van der Waals surface area contributed by atoms with Crippen LogP contribution in [-0.4, -0.2) is 41.6 Å². The number of amides is 3. The molecule has 2 atom stereocenters. The quantitative estimate of drug-likeness (QED) is 0.594. The fraction of sp³-hybridized carbons (Fsp3) is 0.304. The highest BCUT2D eigenvalue weighted by Gasteiger charge is 2.36. The zero-order valence-electron chi connectivity index (χ0n) is 17.0. The van der Waals surface area contributed by atoms with Crippen LogP contribution in [0.3, 0.4) is 0 Å². The molecule has 4 rings (SSSR count).